The molecule has 3 aromatic heterocycles. The predicted molar refractivity (Wildman–Crippen MR) is 134 cm³/mol. The van der Waals surface area contributed by atoms with Gasteiger partial charge in [-0.15, -0.1) is 0 Å². The van der Waals surface area contributed by atoms with Crippen molar-refractivity contribution in [1.29, 1.82) is 0 Å². The number of hydrogen-bond donors (Lipinski definition) is 0. The number of aryl methyl sites for hydroxylation is 1. The summed E-state index contributed by atoms with van der Waals surface area (Å²) >= 11 is 0. The topological polar surface area (TPSA) is 75.0 Å². The molecule has 0 saturated carbocycles. The lowest BCUT2D eigenvalue weighted by Crippen LogP contribution is -2.15. The van der Waals surface area contributed by atoms with Crippen molar-refractivity contribution in [2.45, 2.75) is 25.8 Å². The van der Waals surface area contributed by atoms with Crippen molar-refractivity contribution in [2.24, 2.45) is 0 Å². The Kier molecular flexibility index (Phi) is 5.77. The number of pyridine rings is 1. The number of aromatic nitrogens is 5. The fraction of sp³-hybridized carbons (Fsp3) is 0.214. The van der Waals surface area contributed by atoms with Gasteiger partial charge in [0.15, 0.2) is 0 Å². The van der Waals surface area contributed by atoms with Crippen LogP contribution in [0.5, 0.6) is 11.9 Å². The van der Waals surface area contributed by atoms with Gasteiger partial charge in [-0.2, -0.15) is 4.98 Å². The Labute approximate surface area is 207 Å². The molecule has 5 aromatic rings. The molecule has 1 unspecified atom stereocenters. The zero-order chi connectivity index (χ0) is 24.5. The van der Waals surface area contributed by atoms with Gasteiger partial charge in [0.05, 0.1) is 35.2 Å². The van der Waals surface area contributed by atoms with Crippen molar-refractivity contribution >= 4 is 10.9 Å². The highest BCUT2D eigenvalue weighted by atomic mass is 19.1. The van der Waals surface area contributed by atoms with Gasteiger partial charge in [0.1, 0.15) is 18.2 Å². The van der Waals surface area contributed by atoms with Crippen LogP contribution in [0, 0.1) is 5.82 Å². The molecule has 0 radical (unpaired) electrons. The lowest BCUT2D eigenvalue weighted by molar-refractivity contribution is 0.248. The van der Waals surface area contributed by atoms with E-state index in [4.69, 9.17) is 14.5 Å². The summed E-state index contributed by atoms with van der Waals surface area (Å²) in [6, 6.07) is 20.5. The predicted octanol–water partition coefficient (Wildman–Crippen LogP) is 5.66. The molecular weight excluding hydrogens is 457 g/mol. The van der Waals surface area contributed by atoms with Crippen LogP contribution < -0.4 is 9.47 Å². The minimum atomic E-state index is -0.290. The van der Waals surface area contributed by atoms with Crippen molar-refractivity contribution in [3.63, 3.8) is 0 Å². The number of para-hydroxylation sites is 1. The molecule has 4 heterocycles. The van der Waals surface area contributed by atoms with E-state index < -0.39 is 0 Å². The summed E-state index contributed by atoms with van der Waals surface area (Å²) in [7, 11) is 0. The van der Waals surface area contributed by atoms with Crippen molar-refractivity contribution in [3.8, 4) is 34.5 Å². The smallest absolute Gasteiger partial charge is 0.316 e. The molecule has 6 rings (SSSR count). The molecule has 0 aliphatic carbocycles. The summed E-state index contributed by atoms with van der Waals surface area (Å²) in [6.45, 7) is 2.80. The molecule has 8 heteroatoms. The maximum Gasteiger partial charge on any atom is 0.316 e. The summed E-state index contributed by atoms with van der Waals surface area (Å²) in [4.78, 5) is 18.5. The van der Waals surface area contributed by atoms with Crippen LogP contribution in [0.3, 0.4) is 0 Å². The summed E-state index contributed by atoms with van der Waals surface area (Å²) in [5.41, 5.74) is 4.01. The van der Waals surface area contributed by atoms with Gasteiger partial charge in [0.25, 0.3) is 0 Å². The summed E-state index contributed by atoms with van der Waals surface area (Å²) in [5, 5.41) is 1.07. The number of rotatable bonds is 7. The molecule has 36 heavy (non-hydrogen) atoms. The maximum absolute atomic E-state index is 13.7. The Morgan fingerprint density at radius 2 is 1.81 bits per heavy atom. The van der Waals surface area contributed by atoms with Crippen molar-refractivity contribution < 1.29 is 13.9 Å². The average Bonchev–Trinajstić information content (AvgIpc) is 3.48. The largest absolute Gasteiger partial charge is 0.475 e. The van der Waals surface area contributed by atoms with Gasteiger partial charge in [-0.25, -0.2) is 19.3 Å². The van der Waals surface area contributed by atoms with E-state index in [0.717, 1.165) is 46.5 Å². The molecule has 0 spiro atoms. The maximum atomic E-state index is 13.7. The first-order valence-corrected chi connectivity index (χ1v) is 12.0. The first-order chi connectivity index (χ1) is 17.7. The lowest BCUT2D eigenvalue weighted by atomic mass is 10.1. The van der Waals surface area contributed by atoms with Crippen molar-refractivity contribution in [2.75, 3.05) is 13.2 Å². The Morgan fingerprint density at radius 3 is 2.67 bits per heavy atom. The van der Waals surface area contributed by atoms with Gasteiger partial charge >= 0.3 is 6.01 Å². The minimum absolute atomic E-state index is 0.0375. The van der Waals surface area contributed by atoms with E-state index in [1.165, 1.54) is 12.1 Å². The van der Waals surface area contributed by atoms with E-state index in [2.05, 4.69) is 19.5 Å². The van der Waals surface area contributed by atoms with E-state index in [-0.39, 0.29) is 11.9 Å². The first kappa shape index (κ1) is 22.2. The Hall–Kier alpha value is -4.33. The van der Waals surface area contributed by atoms with Crippen LogP contribution in [-0.4, -0.2) is 37.7 Å². The van der Waals surface area contributed by atoms with Crippen LogP contribution in [0.25, 0.3) is 33.5 Å². The quantitative estimate of drug-likeness (QED) is 0.299. The zero-order valence-corrected chi connectivity index (χ0v) is 19.8. The molecule has 7 nitrogen and oxygen atoms in total. The molecule has 180 valence electrons. The van der Waals surface area contributed by atoms with Crippen LogP contribution in [0.15, 0.2) is 72.9 Å². The SMILES string of the molecule is CCOc1nccc(-c2c(-c3ccc(F)cc3)nc3n2C(COc2ccc4ccccc4n2)CC3)n1. The third-order valence-corrected chi connectivity index (χ3v) is 6.31. The monoisotopic (exact) mass is 481 g/mol. The number of ether oxygens (including phenoxy) is 2. The standard InChI is InChI=1S/C28H24FN5O2/c1-2-35-28-30-16-15-23(32-28)27-26(19-7-10-20(29)11-8-19)33-24-13-12-21(34(24)27)17-36-25-14-9-18-5-3-4-6-22(18)31-25/h3-11,14-16,21H,2,12-13,17H2,1H3. The van der Waals surface area contributed by atoms with Crippen LogP contribution in [0.4, 0.5) is 4.39 Å². The highest BCUT2D eigenvalue weighted by Crippen LogP contribution is 2.39. The highest BCUT2D eigenvalue weighted by molar-refractivity contribution is 5.79. The third-order valence-electron chi connectivity index (χ3n) is 6.31. The van der Waals surface area contributed by atoms with Crippen LogP contribution in [-0.2, 0) is 6.42 Å². The van der Waals surface area contributed by atoms with Gasteiger partial charge < -0.3 is 14.0 Å². The second kappa shape index (κ2) is 9.37. The molecule has 0 fully saturated rings. The summed E-state index contributed by atoms with van der Waals surface area (Å²) in [5.74, 6) is 1.24. The van der Waals surface area contributed by atoms with Crippen LogP contribution in [0.2, 0.25) is 0 Å². The third kappa shape index (κ3) is 4.15. The fourth-order valence-electron chi connectivity index (χ4n) is 4.67. The van der Waals surface area contributed by atoms with Crippen LogP contribution >= 0.6 is 0 Å². The molecule has 1 aliphatic heterocycles. The minimum Gasteiger partial charge on any atom is -0.475 e. The van der Waals surface area contributed by atoms with E-state index in [1.54, 1.807) is 18.3 Å². The number of halogens is 1. The number of nitrogens with zero attached hydrogens (tertiary/aromatic N) is 5. The molecule has 1 aliphatic rings. The number of benzene rings is 2. The Balaban J connectivity index is 1.38. The summed E-state index contributed by atoms with van der Waals surface area (Å²) < 4.78 is 27.6. The van der Waals surface area contributed by atoms with Gasteiger partial charge in [-0.1, -0.05) is 18.2 Å². The lowest BCUT2D eigenvalue weighted by Gasteiger charge is -2.18. The van der Waals surface area contributed by atoms with Crippen LogP contribution in [0.1, 0.15) is 25.2 Å². The molecule has 0 amide bonds. The van der Waals surface area contributed by atoms with E-state index in [0.29, 0.717) is 30.8 Å². The molecule has 2 aromatic carbocycles. The molecule has 0 saturated heterocycles. The molecule has 1 atom stereocenters. The Bertz CT molecular complexity index is 1530. The highest BCUT2D eigenvalue weighted by Gasteiger charge is 2.31. The second-order valence-corrected chi connectivity index (χ2v) is 8.61. The molecule has 0 bridgehead atoms. The zero-order valence-electron chi connectivity index (χ0n) is 19.8. The Morgan fingerprint density at radius 1 is 0.944 bits per heavy atom. The molecule has 0 N–H and O–H groups in total. The van der Waals surface area contributed by atoms with E-state index >= 15 is 0 Å². The average molecular weight is 482 g/mol. The van der Waals surface area contributed by atoms with Gasteiger partial charge in [-0.05, 0) is 55.8 Å². The number of imidazole rings is 1. The van der Waals surface area contributed by atoms with Crippen molar-refractivity contribution in [3.05, 3.63) is 84.6 Å². The van der Waals surface area contributed by atoms with Gasteiger partial charge in [0, 0.05) is 29.6 Å². The number of hydrogen-bond acceptors (Lipinski definition) is 6. The second-order valence-electron chi connectivity index (χ2n) is 8.61. The normalized spacial score (nSPS) is 14.7. The number of fused-ring (bicyclic) bond motifs is 2. The fourth-order valence-corrected chi connectivity index (χ4v) is 4.67. The van der Waals surface area contributed by atoms with E-state index in [9.17, 15) is 4.39 Å². The van der Waals surface area contributed by atoms with E-state index in [1.807, 2.05) is 49.4 Å². The summed E-state index contributed by atoms with van der Waals surface area (Å²) in [6.07, 6.45) is 3.37. The molecular formula is C28H24FN5O2. The van der Waals surface area contributed by atoms with Gasteiger partial charge in [-0.3, -0.25) is 0 Å². The van der Waals surface area contributed by atoms with Crippen molar-refractivity contribution in [1.82, 2.24) is 24.5 Å². The first-order valence-electron chi connectivity index (χ1n) is 12.0. The van der Waals surface area contributed by atoms with Gasteiger partial charge in [0.2, 0.25) is 5.88 Å².